The number of halogens is 4. The van der Waals surface area contributed by atoms with Crippen molar-refractivity contribution in [1.29, 1.82) is 0 Å². The highest BCUT2D eigenvalue weighted by atomic mass is 19.3. The van der Waals surface area contributed by atoms with E-state index in [1.807, 2.05) is 0 Å². The Labute approximate surface area is 160 Å². The second-order valence-corrected chi connectivity index (χ2v) is 5.54. The van der Waals surface area contributed by atoms with Crippen LogP contribution in [0.1, 0.15) is 18.8 Å². The highest BCUT2D eigenvalue weighted by Crippen LogP contribution is 2.26. The maximum absolute atomic E-state index is 14.0. The second-order valence-electron chi connectivity index (χ2n) is 5.54. The highest BCUT2D eigenvalue weighted by Gasteiger charge is 2.20. The Balaban J connectivity index is 1.71. The van der Waals surface area contributed by atoms with Crippen LogP contribution < -0.4 is 15.4 Å². The molecule has 2 heterocycles. The van der Waals surface area contributed by atoms with Gasteiger partial charge in [-0.2, -0.15) is 18.6 Å². The van der Waals surface area contributed by atoms with E-state index in [0.717, 1.165) is 0 Å². The first-order valence-electron chi connectivity index (χ1n) is 8.04. The van der Waals surface area contributed by atoms with Gasteiger partial charge in [0.1, 0.15) is 6.33 Å². The smallest absolute Gasteiger partial charge is 0.387 e. The van der Waals surface area contributed by atoms with Gasteiger partial charge >= 0.3 is 12.6 Å². The third-order valence-corrected chi connectivity index (χ3v) is 3.54. The fraction of sp³-hybridized carbons (Fsp3) is 0.188. The first kappa shape index (κ1) is 20.0. The summed E-state index contributed by atoms with van der Waals surface area (Å²) in [5.74, 6) is -2.91. The van der Waals surface area contributed by atoms with Crippen molar-refractivity contribution in [1.82, 2.24) is 30.0 Å². The van der Waals surface area contributed by atoms with Crippen molar-refractivity contribution in [2.75, 3.05) is 5.32 Å². The van der Waals surface area contributed by atoms with Gasteiger partial charge in [0.05, 0.1) is 11.7 Å². The van der Waals surface area contributed by atoms with Crippen LogP contribution in [0.15, 0.2) is 36.9 Å². The van der Waals surface area contributed by atoms with Gasteiger partial charge in [-0.05, 0) is 13.0 Å². The molecule has 0 bridgehead atoms. The normalized spacial score (nSPS) is 11.9. The number of carbonyl (C=O) groups excluding carboxylic acids is 1. The number of aromatic nitrogens is 5. The predicted octanol–water partition coefficient (Wildman–Crippen LogP) is 2.82. The van der Waals surface area contributed by atoms with E-state index in [2.05, 4.69) is 35.4 Å². The Morgan fingerprint density at radius 3 is 2.55 bits per heavy atom. The summed E-state index contributed by atoms with van der Waals surface area (Å²) in [5, 5.41) is 8.53. The fourth-order valence-corrected chi connectivity index (χ4v) is 2.33. The first-order chi connectivity index (χ1) is 13.8. The number of urea groups is 1. The predicted molar refractivity (Wildman–Crippen MR) is 90.5 cm³/mol. The van der Waals surface area contributed by atoms with Gasteiger partial charge < -0.3 is 15.4 Å². The molecule has 0 saturated heterocycles. The molecule has 13 heteroatoms. The van der Waals surface area contributed by atoms with Crippen LogP contribution in [0.4, 0.5) is 28.0 Å². The molecule has 0 radical (unpaired) electrons. The summed E-state index contributed by atoms with van der Waals surface area (Å²) >= 11 is 0. The lowest BCUT2D eigenvalue weighted by Crippen LogP contribution is -2.33. The Morgan fingerprint density at radius 2 is 1.86 bits per heavy atom. The topological polar surface area (TPSA) is 107 Å². The lowest BCUT2D eigenvalue weighted by Gasteiger charge is -2.15. The zero-order chi connectivity index (χ0) is 21.0. The lowest BCUT2D eigenvalue weighted by atomic mass is 10.2. The van der Waals surface area contributed by atoms with Crippen molar-refractivity contribution in [3.8, 4) is 11.7 Å². The van der Waals surface area contributed by atoms with Gasteiger partial charge in [-0.25, -0.2) is 28.5 Å². The Morgan fingerprint density at radius 1 is 1.14 bits per heavy atom. The molecular formula is C16H13F4N7O2. The van der Waals surface area contributed by atoms with Gasteiger partial charge in [0.2, 0.25) is 0 Å². The maximum Gasteiger partial charge on any atom is 0.387 e. The van der Waals surface area contributed by atoms with Gasteiger partial charge in [0, 0.05) is 24.5 Å². The Bertz CT molecular complexity index is 1000. The molecule has 0 aliphatic heterocycles. The molecule has 0 saturated carbocycles. The summed E-state index contributed by atoms with van der Waals surface area (Å²) < 4.78 is 57.2. The minimum absolute atomic E-state index is 0.219. The van der Waals surface area contributed by atoms with E-state index >= 15 is 0 Å². The monoisotopic (exact) mass is 411 g/mol. The minimum Gasteiger partial charge on any atom is -0.432 e. The average Bonchev–Trinajstić information content (AvgIpc) is 3.16. The summed E-state index contributed by atoms with van der Waals surface area (Å²) in [4.78, 5) is 24.2. The molecule has 3 aromatic rings. The van der Waals surface area contributed by atoms with E-state index in [0.29, 0.717) is 12.1 Å². The van der Waals surface area contributed by atoms with E-state index in [4.69, 9.17) is 0 Å². The summed E-state index contributed by atoms with van der Waals surface area (Å²) in [6.07, 6.45) is 4.23. The lowest BCUT2D eigenvalue weighted by molar-refractivity contribution is -0.0523. The van der Waals surface area contributed by atoms with Crippen molar-refractivity contribution in [2.24, 2.45) is 0 Å². The molecule has 152 valence electrons. The number of nitrogens with zero attached hydrogens (tertiary/aromatic N) is 5. The molecule has 29 heavy (non-hydrogen) atoms. The van der Waals surface area contributed by atoms with E-state index in [1.54, 1.807) is 13.0 Å². The Kier molecular flexibility index (Phi) is 5.85. The largest absolute Gasteiger partial charge is 0.432 e. The number of alkyl halides is 2. The SMILES string of the molecule is C[C@H](NC(=O)Nc1cc(F)c(OC(F)F)cc1F)c1ncnn1-c1ncccn1. The van der Waals surface area contributed by atoms with Gasteiger partial charge in [0.25, 0.3) is 5.95 Å². The number of anilines is 1. The van der Waals surface area contributed by atoms with Crippen LogP contribution in [0.2, 0.25) is 0 Å². The molecule has 9 nitrogen and oxygen atoms in total. The van der Waals surface area contributed by atoms with Crippen molar-refractivity contribution in [3.05, 3.63) is 54.4 Å². The molecule has 0 spiro atoms. The fourth-order valence-electron chi connectivity index (χ4n) is 2.33. The Hall–Kier alpha value is -3.77. The van der Waals surface area contributed by atoms with E-state index in [-0.39, 0.29) is 11.8 Å². The second kappa shape index (κ2) is 8.50. The van der Waals surface area contributed by atoms with Gasteiger partial charge in [-0.3, -0.25) is 0 Å². The quantitative estimate of drug-likeness (QED) is 0.604. The van der Waals surface area contributed by atoms with Crippen LogP contribution in [-0.2, 0) is 0 Å². The van der Waals surface area contributed by atoms with Crippen LogP contribution in [0, 0.1) is 11.6 Å². The molecule has 3 rings (SSSR count). The van der Waals surface area contributed by atoms with Gasteiger partial charge in [-0.1, -0.05) is 0 Å². The molecule has 1 aromatic carbocycles. The van der Waals surface area contributed by atoms with E-state index < -0.39 is 41.8 Å². The molecule has 0 fully saturated rings. The zero-order valence-corrected chi connectivity index (χ0v) is 14.7. The standard InChI is InChI=1S/C16H13F4N7O2/c1-8(13-23-7-24-27(13)15-21-3-2-4-22-15)25-16(28)26-11-5-10(18)12(6-9(11)17)29-14(19)20/h2-8,14H,1H3,(H2,25,26,28)/t8-/m0/s1. The van der Waals surface area contributed by atoms with Crippen molar-refractivity contribution in [3.63, 3.8) is 0 Å². The van der Waals surface area contributed by atoms with Gasteiger partial charge in [-0.15, -0.1) is 0 Å². The number of rotatable bonds is 6. The molecule has 0 aliphatic carbocycles. The minimum atomic E-state index is -3.32. The molecular weight excluding hydrogens is 398 g/mol. The van der Waals surface area contributed by atoms with Crippen LogP contribution in [-0.4, -0.2) is 37.4 Å². The van der Waals surface area contributed by atoms with Crippen LogP contribution >= 0.6 is 0 Å². The van der Waals surface area contributed by atoms with Crippen LogP contribution in [0.5, 0.6) is 5.75 Å². The highest BCUT2D eigenvalue weighted by molar-refractivity contribution is 5.89. The molecule has 2 N–H and O–H groups in total. The summed E-state index contributed by atoms with van der Waals surface area (Å²) in [5.41, 5.74) is -0.568. The van der Waals surface area contributed by atoms with Crippen molar-refractivity contribution in [2.45, 2.75) is 19.6 Å². The van der Waals surface area contributed by atoms with Crippen LogP contribution in [0.3, 0.4) is 0 Å². The summed E-state index contributed by atoms with van der Waals surface area (Å²) in [6, 6.07) is 0.916. The van der Waals surface area contributed by atoms with Crippen LogP contribution in [0.25, 0.3) is 5.95 Å². The van der Waals surface area contributed by atoms with E-state index in [1.165, 1.54) is 23.4 Å². The summed E-state index contributed by atoms with van der Waals surface area (Å²) in [6.45, 7) is -1.75. The molecule has 0 aliphatic rings. The number of hydrogen-bond acceptors (Lipinski definition) is 6. The number of nitrogens with one attached hydrogen (secondary N) is 2. The molecule has 2 aromatic heterocycles. The van der Waals surface area contributed by atoms with Crippen molar-refractivity contribution >= 4 is 11.7 Å². The molecule has 0 unspecified atom stereocenters. The number of benzene rings is 1. The van der Waals surface area contributed by atoms with E-state index in [9.17, 15) is 22.4 Å². The third-order valence-electron chi connectivity index (χ3n) is 3.54. The first-order valence-corrected chi connectivity index (χ1v) is 8.04. The van der Waals surface area contributed by atoms with Gasteiger partial charge in [0.15, 0.2) is 23.2 Å². The number of hydrogen-bond donors (Lipinski definition) is 2. The third kappa shape index (κ3) is 4.75. The number of ether oxygens (including phenoxy) is 1. The average molecular weight is 411 g/mol. The zero-order valence-electron chi connectivity index (χ0n) is 14.7. The number of carbonyl (C=O) groups is 1. The van der Waals surface area contributed by atoms with Crippen molar-refractivity contribution < 1.29 is 27.1 Å². The summed E-state index contributed by atoms with van der Waals surface area (Å²) in [7, 11) is 0. The molecule has 1 atom stereocenters. The number of amides is 2. The maximum atomic E-state index is 14.0. The molecule has 2 amide bonds.